The van der Waals surface area contributed by atoms with Gasteiger partial charge in [0.25, 0.3) is 0 Å². The van der Waals surface area contributed by atoms with Crippen LogP contribution in [0.3, 0.4) is 0 Å². The van der Waals surface area contributed by atoms with Gasteiger partial charge in [-0.2, -0.15) is 0 Å². The van der Waals surface area contributed by atoms with Crippen molar-refractivity contribution in [1.29, 1.82) is 0 Å². The van der Waals surface area contributed by atoms with Gasteiger partial charge < -0.3 is 10.0 Å². The van der Waals surface area contributed by atoms with E-state index in [0.29, 0.717) is 11.5 Å². The molecule has 0 spiro atoms. The van der Waals surface area contributed by atoms with Crippen molar-refractivity contribution in [1.82, 2.24) is 4.98 Å². The lowest BCUT2D eigenvalue weighted by Crippen LogP contribution is -2.16. The number of pyridine rings is 1. The zero-order chi connectivity index (χ0) is 14.3. The second-order valence-electron chi connectivity index (χ2n) is 4.78. The van der Waals surface area contributed by atoms with Crippen LogP contribution in [0.5, 0.6) is 0 Å². The van der Waals surface area contributed by atoms with Crippen molar-refractivity contribution in [2.24, 2.45) is 0 Å². The predicted molar refractivity (Wildman–Crippen MR) is 73.0 cm³/mol. The number of hydrogen-bond donors (Lipinski definition) is 1. The molecule has 0 radical (unpaired) electrons. The molecular weight excluding hydrogens is 259 g/mol. The highest BCUT2D eigenvalue weighted by Gasteiger charge is 2.22. The number of anilines is 2. The molecule has 2 aromatic rings. The zero-order valence-corrected chi connectivity index (χ0v) is 10.9. The summed E-state index contributed by atoms with van der Waals surface area (Å²) < 4.78 is 13.4. The van der Waals surface area contributed by atoms with Crippen LogP contribution >= 0.6 is 0 Å². The van der Waals surface area contributed by atoms with Gasteiger partial charge in [0, 0.05) is 12.2 Å². The van der Waals surface area contributed by atoms with Crippen LogP contribution in [0, 0.1) is 12.7 Å². The molecule has 0 saturated heterocycles. The normalized spacial score (nSPS) is 13.4. The Morgan fingerprint density at radius 2 is 2.15 bits per heavy atom. The summed E-state index contributed by atoms with van der Waals surface area (Å²) in [7, 11) is 0. The highest BCUT2D eigenvalue weighted by molar-refractivity contribution is 5.89. The highest BCUT2D eigenvalue weighted by atomic mass is 19.1. The summed E-state index contributed by atoms with van der Waals surface area (Å²) in [5.74, 6) is -0.624. The number of hydrogen-bond acceptors (Lipinski definition) is 3. The number of aryl methyl sites for hydroxylation is 1. The Balaban J connectivity index is 2.02. The van der Waals surface area contributed by atoms with E-state index in [1.165, 1.54) is 18.2 Å². The van der Waals surface area contributed by atoms with E-state index in [1.54, 1.807) is 19.1 Å². The molecule has 0 fully saturated rings. The summed E-state index contributed by atoms with van der Waals surface area (Å²) in [6, 6.07) is 7.93. The fourth-order valence-electron chi connectivity index (χ4n) is 2.51. The monoisotopic (exact) mass is 272 g/mol. The SMILES string of the molecule is Cc1nc(N2CCc3ccc(F)cc32)ccc1C(=O)O. The molecule has 20 heavy (non-hydrogen) atoms. The van der Waals surface area contributed by atoms with Gasteiger partial charge in [0.15, 0.2) is 0 Å². The van der Waals surface area contributed by atoms with Crippen LogP contribution in [0.25, 0.3) is 0 Å². The second kappa shape index (κ2) is 4.59. The maximum Gasteiger partial charge on any atom is 0.337 e. The average molecular weight is 272 g/mol. The number of fused-ring (bicyclic) bond motifs is 1. The summed E-state index contributed by atoms with van der Waals surface area (Å²) in [4.78, 5) is 17.2. The predicted octanol–water partition coefficient (Wildman–Crippen LogP) is 2.92. The van der Waals surface area contributed by atoms with Crippen molar-refractivity contribution in [3.63, 3.8) is 0 Å². The first-order valence-corrected chi connectivity index (χ1v) is 6.33. The first-order valence-electron chi connectivity index (χ1n) is 6.33. The summed E-state index contributed by atoms with van der Waals surface area (Å²) in [5, 5.41) is 9.01. The van der Waals surface area contributed by atoms with Crippen LogP contribution in [0.15, 0.2) is 30.3 Å². The Morgan fingerprint density at radius 3 is 2.85 bits per heavy atom. The minimum absolute atomic E-state index is 0.187. The van der Waals surface area contributed by atoms with Crippen molar-refractivity contribution < 1.29 is 14.3 Å². The number of benzene rings is 1. The van der Waals surface area contributed by atoms with E-state index < -0.39 is 5.97 Å². The molecule has 0 amide bonds. The molecule has 1 aliphatic rings. The van der Waals surface area contributed by atoms with Crippen LogP contribution in [0.4, 0.5) is 15.9 Å². The fraction of sp³-hybridized carbons (Fsp3) is 0.200. The lowest BCUT2D eigenvalue weighted by molar-refractivity contribution is 0.0695. The number of carboxylic acid groups (broad SMARTS) is 1. The Bertz CT molecular complexity index is 700. The second-order valence-corrected chi connectivity index (χ2v) is 4.78. The summed E-state index contributed by atoms with van der Waals surface area (Å²) in [6.45, 7) is 2.38. The molecular formula is C15H13FN2O2. The Labute approximate surface area is 115 Å². The molecule has 1 aromatic heterocycles. The van der Waals surface area contributed by atoms with Gasteiger partial charge in [-0.05, 0) is 43.2 Å². The third-order valence-electron chi connectivity index (χ3n) is 3.52. The Morgan fingerprint density at radius 1 is 1.35 bits per heavy atom. The van der Waals surface area contributed by atoms with Gasteiger partial charge in [0.2, 0.25) is 0 Å². The fourth-order valence-corrected chi connectivity index (χ4v) is 2.51. The van der Waals surface area contributed by atoms with E-state index in [9.17, 15) is 9.18 Å². The van der Waals surface area contributed by atoms with Gasteiger partial charge in [-0.3, -0.25) is 0 Å². The quantitative estimate of drug-likeness (QED) is 0.913. The molecule has 0 aliphatic carbocycles. The molecule has 3 rings (SSSR count). The number of carbonyl (C=O) groups is 1. The minimum atomic E-state index is -0.991. The molecule has 0 atom stereocenters. The van der Waals surface area contributed by atoms with Crippen LogP contribution < -0.4 is 4.90 Å². The number of carboxylic acids is 1. The summed E-state index contributed by atoms with van der Waals surface area (Å²) in [5.41, 5.74) is 2.53. The zero-order valence-electron chi connectivity index (χ0n) is 10.9. The lowest BCUT2D eigenvalue weighted by atomic mass is 10.1. The molecule has 5 heteroatoms. The largest absolute Gasteiger partial charge is 0.478 e. The third kappa shape index (κ3) is 2.01. The molecule has 0 unspecified atom stereocenters. The number of rotatable bonds is 2. The molecule has 2 heterocycles. The van der Waals surface area contributed by atoms with Gasteiger partial charge in [0.1, 0.15) is 11.6 Å². The van der Waals surface area contributed by atoms with E-state index in [0.717, 1.165) is 24.2 Å². The van der Waals surface area contributed by atoms with Crippen LogP contribution in [-0.4, -0.2) is 22.6 Å². The smallest absolute Gasteiger partial charge is 0.337 e. The first-order chi connectivity index (χ1) is 9.56. The van der Waals surface area contributed by atoms with E-state index in [1.807, 2.05) is 4.90 Å². The average Bonchev–Trinajstić information content (AvgIpc) is 2.81. The third-order valence-corrected chi connectivity index (χ3v) is 3.52. The molecule has 4 nitrogen and oxygen atoms in total. The number of aromatic nitrogens is 1. The standard InChI is InChI=1S/C15H13FN2O2/c1-9-12(15(19)20)4-5-14(17-9)18-7-6-10-2-3-11(16)8-13(10)18/h2-5,8H,6-7H2,1H3,(H,19,20). The van der Waals surface area contributed by atoms with Crippen LogP contribution in [0.2, 0.25) is 0 Å². The lowest BCUT2D eigenvalue weighted by Gasteiger charge is -2.19. The summed E-state index contributed by atoms with van der Waals surface area (Å²) in [6.07, 6.45) is 0.830. The van der Waals surface area contributed by atoms with Gasteiger partial charge >= 0.3 is 5.97 Å². The molecule has 1 aromatic carbocycles. The maximum absolute atomic E-state index is 13.4. The molecule has 0 bridgehead atoms. The Hall–Kier alpha value is -2.43. The van der Waals surface area contributed by atoms with E-state index in [-0.39, 0.29) is 11.4 Å². The summed E-state index contributed by atoms with van der Waals surface area (Å²) >= 11 is 0. The van der Waals surface area contributed by atoms with Gasteiger partial charge in [-0.15, -0.1) is 0 Å². The van der Waals surface area contributed by atoms with E-state index in [2.05, 4.69) is 4.98 Å². The Kier molecular flexibility index (Phi) is 2.89. The van der Waals surface area contributed by atoms with E-state index in [4.69, 9.17) is 5.11 Å². The molecule has 1 aliphatic heterocycles. The van der Waals surface area contributed by atoms with Crippen molar-refractivity contribution in [2.75, 3.05) is 11.4 Å². The number of halogens is 1. The topological polar surface area (TPSA) is 53.4 Å². The number of aromatic carboxylic acids is 1. The van der Waals surface area contributed by atoms with Gasteiger partial charge in [0.05, 0.1) is 11.3 Å². The molecule has 102 valence electrons. The first kappa shape index (κ1) is 12.6. The van der Waals surface area contributed by atoms with Crippen molar-refractivity contribution >= 4 is 17.5 Å². The van der Waals surface area contributed by atoms with Crippen LogP contribution in [0.1, 0.15) is 21.6 Å². The van der Waals surface area contributed by atoms with Gasteiger partial charge in [-0.1, -0.05) is 6.07 Å². The van der Waals surface area contributed by atoms with Crippen molar-refractivity contribution in [3.05, 3.63) is 53.0 Å². The van der Waals surface area contributed by atoms with Crippen LogP contribution in [-0.2, 0) is 6.42 Å². The molecule has 0 saturated carbocycles. The minimum Gasteiger partial charge on any atom is -0.478 e. The highest BCUT2D eigenvalue weighted by Crippen LogP contribution is 2.34. The molecule has 1 N–H and O–H groups in total. The maximum atomic E-state index is 13.4. The van der Waals surface area contributed by atoms with Crippen molar-refractivity contribution in [2.45, 2.75) is 13.3 Å². The number of nitrogens with zero attached hydrogens (tertiary/aromatic N) is 2. The van der Waals surface area contributed by atoms with Gasteiger partial charge in [-0.25, -0.2) is 14.2 Å². The van der Waals surface area contributed by atoms with Crippen molar-refractivity contribution in [3.8, 4) is 0 Å². The van der Waals surface area contributed by atoms with E-state index >= 15 is 0 Å².